The molecule has 0 amide bonds. The summed E-state index contributed by atoms with van der Waals surface area (Å²) in [6, 6.07) is 55.9. The van der Waals surface area contributed by atoms with Crippen LogP contribution in [0.25, 0.3) is 82.1 Å². The Morgan fingerprint density at radius 3 is 1.67 bits per heavy atom. The third kappa shape index (κ3) is 3.87. The Bertz CT molecular complexity index is 2560. The summed E-state index contributed by atoms with van der Waals surface area (Å²) in [6.07, 6.45) is 0. The van der Waals surface area contributed by atoms with Crippen LogP contribution in [0, 0.1) is 13.8 Å². The van der Waals surface area contributed by atoms with E-state index < -0.39 is 0 Å². The standard InChI is InChI=1S/C44H31N/c1-28-22-24-39-40(26-28)44(38-25-23-29(2)32-14-3-4-15-33(32)38)37-19-6-5-18-36(37)43(39)30-12-11-13-31(27-30)45-41-20-9-7-16-34(41)35-17-8-10-21-42(35)45/h3-27H,1-2H3. The van der Waals surface area contributed by atoms with Crippen LogP contribution in [0.3, 0.4) is 0 Å². The van der Waals surface area contributed by atoms with Gasteiger partial charge in [-0.2, -0.15) is 0 Å². The van der Waals surface area contributed by atoms with Gasteiger partial charge in [0.1, 0.15) is 0 Å². The van der Waals surface area contributed by atoms with Crippen LogP contribution in [0.5, 0.6) is 0 Å². The largest absolute Gasteiger partial charge is 0.309 e. The molecule has 0 fully saturated rings. The van der Waals surface area contributed by atoms with E-state index in [1.807, 2.05) is 0 Å². The second kappa shape index (κ2) is 9.94. The highest BCUT2D eigenvalue weighted by molar-refractivity contribution is 6.24. The van der Waals surface area contributed by atoms with Gasteiger partial charge in [0.2, 0.25) is 0 Å². The molecule has 9 aromatic rings. The van der Waals surface area contributed by atoms with Crippen LogP contribution in [0.1, 0.15) is 11.1 Å². The van der Waals surface area contributed by atoms with E-state index in [0.717, 1.165) is 0 Å². The summed E-state index contributed by atoms with van der Waals surface area (Å²) in [5, 5.41) is 10.3. The van der Waals surface area contributed by atoms with Gasteiger partial charge in [0, 0.05) is 16.5 Å². The molecular weight excluding hydrogens is 542 g/mol. The third-order valence-corrected chi connectivity index (χ3v) is 9.56. The zero-order chi connectivity index (χ0) is 30.1. The third-order valence-electron chi connectivity index (χ3n) is 9.56. The molecule has 0 saturated carbocycles. The normalized spacial score (nSPS) is 11.8. The molecule has 0 radical (unpaired) electrons. The Hall–Kier alpha value is -5.66. The molecule has 9 rings (SSSR count). The molecule has 0 spiro atoms. The summed E-state index contributed by atoms with van der Waals surface area (Å²) in [4.78, 5) is 0. The van der Waals surface area contributed by atoms with E-state index in [-0.39, 0.29) is 0 Å². The fraction of sp³-hybridized carbons (Fsp3) is 0.0455. The minimum atomic E-state index is 1.17. The second-order valence-corrected chi connectivity index (χ2v) is 12.2. The molecule has 0 aliphatic heterocycles. The summed E-state index contributed by atoms with van der Waals surface area (Å²) in [5.74, 6) is 0. The first-order chi connectivity index (χ1) is 22.2. The lowest BCUT2D eigenvalue weighted by Gasteiger charge is -2.20. The SMILES string of the molecule is Cc1ccc2c(-c3cccc(-n4c5ccccc5c5ccccc54)c3)c3ccccc3c(-c3ccc(C)c4ccccc34)c2c1. The van der Waals surface area contributed by atoms with Gasteiger partial charge in [-0.15, -0.1) is 0 Å². The summed E-state index contributed by atoms with van der Waals surface area (Å²) in [5.41, 5.74) is 11.3. The Morgan fingerprint density at radius 2 is 0.956 bits per heavy atom. The lowest BCUT2D eigenvalue weighted by molar-refractivity contribution is 1.18. The van der Waals surface area contributed by atoms with Crippen molar-refractivity contribution in [3.63, 3.8) is 0 Å². The van der Waals surface area contributed by atoms with Gasteiger partial charge in [0.15, 0.2) is 0 Å². The van der Waals surface area contributed by atoms with Crippen LogP contribution in [0.4, 0.5) is 0 Å². The van der Waals surface area contributed by atoms with Crippen LogP contribution in [-0.4, -0.2) is 4.57 Å². The first kappa shape index (κ1) is 25.8. The van der Waals surface area contributed by atoms with E-state index in [0.29, 0.717) is 0 Å². The quantitative estimate of drug-likeness (QED) is 0.185. The van der Waals surface area contributed by atoms with Crippen molar-refractivity contribution in [2.75, 3.05) is 0 Å². The summed E-state index contributed by atoms with van der Waals surface area (Å²) >= 11 is 0. The van der Waals surface area contributed by atoms with Crippen molar-refractivity contribution in [2.24, 2.45) is 0 Å². The van der Waals surface area contributed by atoms with Crippen LogP contribution < -0.4 is 0 Å². The lowest BCUT2D eigenvalue weighted by Crippen LogP contribution is -1.96. The number of benzene rings is 8. The molecule has 1 aromatic heterocycles. The Balaban J connectivity index is 1.38. The van der Waals surface area contributed by atoms with E-state index in [1.165, 1.54) is 93.2 Å². The number of aryl methyl sites for hydroxylation is 2. The Morgan fingerprint density at radius 1 is 0.378 bits per heavy atom. The van der Waals surface area contributed by atoms with Crippen LogP contribution >= 0.6 is 0 Å². The maximum absolute atomic E-state index is 2.41. The molecule has 0 aliphatic rings. The zero-order valence-corrected chi connectivity index (χ0v) is 25.4. The van der Waals surface area contributed by atoms with E-state index in [2.05, 4.69) is 170 Å². The first-order valence-electron chi connectivity index (χ1n) is 15.7. The molecular formula is C44H31N. The highest BCUT2D eigenvalue weighted by Gasteiger charge is 2.19. The van der Waals surface area contributed by atoms with Crippen molar-refractivity contribution >= 4 is 54.1 Å². The highest BCUT2D eigenvalue weighted by Crippen LogP contribution is 2.46. The number of aromatic nitrogens is 1. The predicted molar refractivity (Wildman–Crippen MR) is 194 cm³/mol. The Kier molecular flexibility index (Phi) is 5.70. The van der Waals surface area contributed by atoms with E-state index >= 15 is 0 Å². The molecule has 0 aliphatic carbocycles. The number of hydrogen-bond donors (Lipinski definition) is 0. The fourth-order valence-electron chi connectivity index (χ4n) is 7.56. The molecule has 45 heavy (non-hydrogen) atoms. The van der Waals surface area contributed by atoms with Crippen molar-refractivity contribution in [3.8, 4) is 27.9 Å². The van der Waals surface area contributed by atoms with Gasteiger partial charge in [-0.1, -0.05) is 133 Å². The Labute approximate surface area is 262 Å². The number of nitrogens with zero attached hydrogens (tertiary/aromatic N) is 1. The summed E-state index contributed by atoms with van der Waals surface area (Å²) in [7, 11) is 0. The number of rotatable bonds is 3. The lowest BCUT2D eigenvalue weighted by atomic mass is 9.84. The van der Waals surface area contributed by atoms with Crippen molar-refractivity contribution in [3.05, 3.63) is 163 Å². The minimum Gasteiger partial charge on any atom is -0.309 e. The predicted octanol–water partition coefficient (Wildman–Crippen LogP) is 12.2. The van der Waals surface area contributed by atoms with Crippen molar-refractivity contribution < 1.29 is 0 Å². The topological polar surface area (TPSA) is 4.93 Å². The van der Waals surface area contributed by atoms with Crippen LogP contribution in [0.15, 0.2) is 152 Å². The monoisotopic (exact) mass is 573 g/mol. The fourth-order valence-corrected chi connectivity index (χ4v) is 7.56. The summed E-state index contributed by atoms with van der Waals surface area (Å²) < 4.78 is 2.41. The molecule has 0 bridgehead atoms. The van der Waals surface area contributed by atoms with Crippen LogP contribution in [0.2, 0.25) is 0 Å². The van der Waals surface area contributed by atoms with Gasteiger partial charge < -0.3 is 4.57 Å². The first-order valence-corrected chi connectivity index (χ1v) is 15.7. The van der Waals surface area contributed by atoms with Crippen LogP contribution in [-0.2, 0) is 0 Å². The van der Waals surface area contributed by atoms with Gasteiger partial charge in [0.25, 0.3) is 0 Å². The molecule has 212 valence electrons. The number of hydrogen-bond acceptors (Lipinski definition) is 0. The maximum atomic E-state index is 2.41. The molecule has 1 nitrogen and oxygen atoms in total. The van der Waals surface area contributed by atoms with Gasteiger partial charge >= 0.3 is 0 Å². The minimum absolute atomic E-state index is 1.17. The van der Waals surface area contributed by atoms with Gasteiger partial charge in [-0.05, 0) is 98.2 Å². The number of fused-ring (bicyclic) bond motifs is 6. The smallest absolute Gasteiger partial charge is 0.0541 e. The van der Waals surface area contributed by atoms with Gasteiger partial charge in [0.05, 0.1) is 11.0 Å². The maximum Gasteiger partial charge on any atom is 0.0541 e. The molecule has 0 unspecified atom stereocenters. The molecule has 0 N–H and O–H groups in total. The van der Waals surface area contributed by atoms with E-state index in [4.69, 9.17) is 0 Å². The van der Waals surface area contributed by atoms with Crippen molar-refractivity contribution in [1.82, 2.24) is 4.57 Å². The average molecular weight is 574 g/mol. The van der Waals surface area contributed by atoms with Gasteiger partial charge in [-0.25, -0.2) is 0 Å². The summed E-state index contributed by atoms with van der Waals surface area (Å²) in [6.45, 7) is 4.41. The molecule has 1 heterocycles. The highest BCUT2D eigenvalue weighted by atomic mass is 15.0. The van der Waals surface area contributed by atoms with E-state index in [1.54, 1.807) is 0 Å². The number of para-hydroxylation sites is 2. The molecule has 8 aromatic carbocycles. The molecule has 1 heteroatoms. The average Bonchev–Trinajstić information content (AvgIpc) is 3.42. The molecule has 0 atom stereocenters. The van der Waals surface area contributed by atoms with E-state index in [9.17, 15) is 0 Å². The van der Waals surface area contributed by atoms with Crippen molar-refractivity contribution in [1.29, 1.82) is 0 Å². The second-order valence-electron chi connectivity index (χ2n) is 12.2. The zero-order valence-electron chi connectivity index (χ0n) is 25.4. The van der Waals surface area contributed by atoms with Crippen molar-refractivity contribution in [2.45, 2.75) is 13.8 Å². The molecule has 0 saturated heterocycles. The van der Waals surface area contributed by atoms with Gasteiger partial charge in [-0.3, -0.25) is 0 Å².